The fraction of sp³-hybridized carbons (Fsp3) is 0.100. The van der Waals surface area contributed by atoms with Crippen LogP contribution in [0.1, 0.15) is 21.9 Å². The predicted molar refractivity (Wildman–Crippen MR) is 95.4 cm³/mol. The van der Waals surface area contributed by atoms with Gasteiger partial charge in [-0.25, -0.2) is 0 Å². The third kappa shape index (κ3) is 2.25. The largest absolute Gasteiger partial charge is 0.134 e. The molecule has 0 bridgehead atoms. The molecule has 1 heterocycles. The number of thioether (sulfide) groups is 1. The minimum absolute atomic E-state index is 0.0242. The highest BCUT2D eigenvalue weighted by Crippen LogP contribution is 2.74. The van der Waals surface area contributed by atoms with Crippen molar-refractivity contribution in [2.75, 3.05) is 0 Å². The molecule has 1 aliphatic rings. The summed E-state index contributed by atoms with van der Waals surface area (Å²) in [5.74, 6) is 0. The van der Waals surface area contributed by atoms with Gasteiger partial charge in [-0.05, 0) is 28.8 Å². The standard InChI is InChI=1S/C20H15ClS/c21-18-13-11-15(12-14-18)19-20(22-19,16-7-3-1-4-8-16)17-9-5-2-6-10-17/h1-14,19H/t19-/m1/s1. The van der Waals surface area contributed by atoms with Crippen molar-refractivity contribution in [1.29, 1.82) is 0 Å². The van der Waals surface area contributed by atoms with Gasteiger partial charge in [0.25, 0.3) is 0 Å². The van der Waals surface area contributed by atoms with Gasteiger partial charge in [0.15, 0.2) is 0 Å². The Kier molecular flexibility index (Phi) is 3.48. The zero-order valence-electron chi connectivity index (χ0n) is 11.9. The summed E-state index contributed by atoms with van der Waals surface area (Å²) in [6.07, 6.45) is 0. The summed E-state index contributed by atoms with van der Waals surface area (Å²) in [6.45, 7) is 0. The van der Waals surface area contributed by atoms with Crippen molar-refractivity contribution in [1.82, 2.24) is 0 Å². The first kappa shape index (κ1) is 13.9. The van der Waals surface area contributed by atoms with Crippen LogP contribution in [0, 0.1) is 0 Å². The molecule has 1 fully saturated rings. The van der Waals surface area contributed by atoms with Gasteiger partial charge in [0.2, 0.25) is 0 Å². The molecule has 1 aliphatic heterocycles. The van der Waals surface area contributed by atoms with E-state index in [0.29, 0.717) is 5.25 Å². The van der Waals surface area contributed by atoms with Crippen molar-refractivity contribution in [3.63, 3.8) is 0 Å². The lowest BCUT2D eigenvalue weighted by Crippen LogP contribution is -2.10. The van der Waals surface area contributed by atoms with Crippen molar-refractivity contribution in [2.45, 2.75) is 10.00 Å². The van der Waals surface area contributed by atoms with Crippen LogP contribution in [0.5, 0.6) is 0 Å². The topological polar surface area (TPSA) is 0 Å². The molecule has 1 atom stereocenters. The second kappa shape index (κ2) is 5.49. The van der Waals surface area contributed by atoms with Crippen molar-refractivity contribution < 1.29 is 0 Å². The van der Waals surface area contributed by atoms with Crippen molar-refractivity contribution in [2.24, 2.45) is 0 Å². The fourth-order valence-electron chi connectivity index (χ4n) is 3.07. The minimum Gasteiger partial charge on any atom is -0.134 e. The SMILES string of the molecule is Clc1ccc([C@H]2SC2(c2ccccc2)c2ccccc2)cc1. The summed E-state index contributed by atoms with van der Waals surface area (Å²) in [4.78, 5) is 0. The molecule has 22 heavy (non-hydrogen) atoms. The Morgan fingerprint density at radius 3 is 1.68 bits per heavy atom. The van der Waals surface area contributed by atoms with Gasteiger partial charge in [0.05, 0.1) is 10.00 Å². The Labute approximate surface area is 140 Å². The van der Waals surface area contributed by atoms with Crippen molar-refractivity contribution in [3.05, 3.63) is 107 Å². The third-order valence-electron chi connectivity index (χ3n) is 4.19. The smallest absolute Gasteiger partial charge is 0.0823 e. The van der Waals surface area contributed by atoms with Crippen molar-refractivity contribution >= 4 is 23.4 Å². The number of halogens is 1. The maximum absolute atomic E-state index is 6.04. The molecule has 1 saturated heterocycles. The normalized spacial score (nSPS) is 18.9. The second-order valence-electron chi connectivity index (χ2n) is 5.52. The van der Waals surface area contributed by atoms with E-state index >= 15 is 0 Å². The molecule has 0 aromatic heterocycles. The predicted octanol–water partition coefficient (Wildman–Crippen LogP) is 6.07. The number of hydrogen-bond acceptors (Lipinski definition) is 1. The lowest BCUT2D eigenvalue weighted by atomic mass is 9.86. The average molecular weight is 323 g/mol. The van der Waals surface area contributed by atoms with Gasteiger partial charge in [-0.2, -0.15) is 0 Å². The molecule has 108 valence electrons. The molecule has 0 unspecified atom stereocenters. The lowest BCUT2D eigenvalue weighted by Gasteiger charge is -2.17. The number of hydrogen-bond donors (Lipinski definition) is 0. The van der Waals surface area contributed by atoms with E-state index in [0.717, 1.165) is 5.02 Å². The van der Waals surface area contributed by atoms with E-state index in [2.05, 4.69) is 72.8 Å². The van der Waals surface area contributed by atoms with Crippen LogP contribution in [0.4, 0.5) is 0 Å². The molecule has 2 heteroatoms. The Balaban J connectivity index is 1.81. The summed E-state index contributed by atoms with van der Waals surface area (Å²) in [5, 5.41) is 1.23. The van der Waals surface area contributed by atoms with Crippen LogP contribution >= 0.6 is 23.4 Å². The Bertz CT molecular complexity index is 726. The van der Waals surface area contributed by atoms with E-state index in [9.17, 15) is 0 Å². The van der Waals surface area contributed by atoms with Crippen LogP contribution in [-0.4, -0.2) is 0 Å². The first-order valence-electron chi connectivity index (χ1n) is 7.35. The molecule has 4 rings (SSSR count). The van der Waals surface area contributed by atoms with Crippen LogP contribution in [-0.2, 0) is 4.75 Å². The van der Waals surface area contributed by atoms with E-state index in [-0.39, 0.29) is 4.75 Å². The van der Waals surface area contributed by atoms with Gasteiger partial charge < -0.3 is 0 Å². The third-order valence-corrected chi connectivity index (χ3v) is 6.13. The van der Waals surface area contributed by atoms with E-state index in [4.69, 9.17) is 11.6 Å². The first-order chi connectivity index (χ1) is 10.8. The van der Waals surface area contributed by atoms with Gasteiger partial charge in [0.1, 0.15) is 0 Å². The zero-order chi connectivity index (χ0) is 15.0. The number of benzene rings is 3. The molecule has 3 aromatic rings. The second-order valence-corrected chi connectivity index (χ2v) is 7.30. The summed E-state index contributed by atoms with van der Waals surface area (Å²) < 4.78 is 0.0242. The summed E-state index contributed by atoms with van der Waals surface area (Å²) in [6, 6.07) is 29.8. The van der Waals surface area contributed by atoms with Gasteiger partial charge in [-0.15, -0.1) is 11.8 Å². The van der Waals surface area contributed by atoms with Crippen LogP contribution in [0.2, 0.25) is 5.02 Å². The molecule has 0 nitrogen and oxygen atoms in total. The maximum Gasteiger partial charge on any atom is 0.0823 e. The van der Waals surface area contributed by atoms with Crippen LogP contribution in [0.15, 0.2) is 84.9 Å². The zero-order valence-corrected chi connectivity index (χ0v) is 13.5. The summed E-state index contributed by atoms with van der Waals surface area (Å²) in [5.41, 5.74) is 4.07. The van der Waals surface area contributed by atoms with E-state index in [1.807, 2.05) is 23.9 Å². The molecular formula is C20H15ClS. The van der Waals surface area contributed by atoms with E-state index in [1.54, 1.807) is 0 Å². The molecule has 0 spiro atoms. The quantitative estimate of drug-likeness (QED) is 0.527. The highest BCUT2D eigenvalue weighted by Gasteiger charge is 2.58. The van der Waals surface area contributed by atoms with Crippen LogP contribution < -0.4 is 0 Å². The maximum atomic E-state index is 6.04. The molecule has 0 saturated carbocycles. The fourth-order valence-corrected chi connectivity index (χ4v) is 4.74. The molecular weight excluding hydrogens is 308 g/mol. The Morgan fingerprint density at radius 2 is 1.18 bits per heavy atom. The average Bonchev–Trinajstić information content (AvgIpc) is 3.34. The Hall–Kier alpha value is -1.70. The summed E-state index contributed by atoms with van der Waals surface area (Å²) in [7, 11) is 0. The molecule has 0 N–H and O–H groups in total. The monoisotopic (exact) mass is 322 g/mol. The lowest BCUT2D eigenvalue weighted by molar-refractivity contribution is 0.824. The summed E-state index contributed by atoms with van der Waals surface area (Å²) >= 11 is 8.04. The van der Waals surface area contributed by atoms with Crippen molar-refractivity contribution in [3.8, 4) is 0 Å². The van der Waals surface area contributed by atoms with E-state index in [1.165, 1.54) is 16.7 Å². The van der Waals surface area contributed by atoms with E-state index < -0.39 is 0 Å². The molecule has 0 radical (unpaired) electrons. The van der Waals surface area contributed by atoms with Crippen LogP contribution in [0.3, 0.4) is 0 Å². The molecule has 0 aliphatic carbocycles. The molecule has 3 aromatic carbocycles. The van der Waals surface area contributed by atoms with Crippen LogP contribution in [0.25, 0.3) is 0 Å². The first-order valence-corrected chi connectivity index (χ1v) is 8.61. The molecule has 0 amide bonds. The highest BCUT2D eigenvalue weighted by molar-refractivity contribution is 8.07. The van der Waals surface area contributed by atoms with Gasteiger partial charge in [-0.3, -0.25) is 0 Å². The van der Waals surface area contributed by atoms with Gasteiger partial charge >= 0.3 is 0 Å². The highest BCUT2D eigenvalue weighted by atomic mass is 35.5. The van der Waals surface area contributed by atoms with Gasteiger partial charge in [-0.1, -0.05) is 84.4 Å². The minimum atomic E-state index is 0.0242. The number of rotatable bonds is 3. The Morgan fingerprint density at radius 1 is 0.682 bits per heavy atom. The van der Waals surface area contributed by atoms with Gasteiger partial charge in [0, 0.05) is 5.02 Å².